The van der Waals surface area contributed by atoms with Crippen molar-refractivity contribution in [2.24, 2.45) is 5.92 Å². The van der Waals surface area contributed by atoms with E-state index in [2.05, 4.69) is 46.9 Å². The smallest absolute Gasteiger partial charge is 0.143 e. The van der Waals surface area contributed by atoms with Crippen molar-refractivity contribution in [3.63, 3.8) is 0 Å². The SMILES string of the molecule is CN(C)CCCOc1ccccc1-c1nccn1CCC1CCCOC1. The Morgan fingerprint density at radius 3 is 3.00 bits per heavy atom. The van der Waals surface area contributed by atoms with Crippen molar-refractivity contribution >= 4 is 0 Å². The largest absolute Gasteiger partial charge is 0.493 e. The van der Waals surface area contributed by atoms with Gasteiger partial charge < -0.3 is 18.9 Å². The molecule has 1 atom stereocenters. The molecular weight excluding hydrogens is 326 g/mol. The van der Waals surface area contributed by atoms with E-state index in [1.54, 1.807) is 0 Å². The molecule has 5 nitrogen and oxygen atoms in total. The van der Waals surface area contributed by atoms with Gasteiger partial charge in [0.1, 0.15) is 11.6 Å². The Labute approximate surface area is 156 Å². The average Bonchev–Trinajstić information content (AvgIpc) is 3.13. The predicted molar refractivity (Wildman–Crippen MR) is 104 cm³/mol. The molecule has 1 aliphatic rings. The second-order valence-electron chi connectivity index (χ2n) is 7.32. The lowest BCUT2D eigenvalue weighted by Crippen LogP contribution is -2.19. The lowest BCUT2D eigenvalue weighted by molar-refractivity contribution is 0.0501. The third-order valence-electron chi connectivity index (χ3n) is 4.88. The summed E-state index contributed by atoms with van der Waals surface area (Å²) >= 11 is 0. The van der Waals surface area contributed by atoms with Crippen LogP contribution in [0.5, 0.6) is 5.75 Å². The summed E-state index contributed by atoms with van der Waals surface area (Å²) in [7, 11) is 4.17. The Balaban J connectivity index is 1.64. The van der Waals surface area contributed by atoms with Crippen LogP contribution >= 0.6 is 0 Å². The molecule has 2 heterocycles. The fourth-order valence-corrected chi connectivity index (χ4v) is 3.43. The van der Waals surface area contributed by atoms with Crippen molar-refractivity contribution in [3.05, 3.63) is 36.7 Å². The van der Waals surface area contributed by atoms with Crippen LogP contribution in [-0.4, -0.2) is 54.9 Å². The van der Waals surface area contributed by atoms with Crippen LogP contribution in [-0.2, 0) is 11.3 Å². The normalized spacial score (nSPS) is 17.6. The molecule has 1 fully saturated rings. The molecule has 0 bridgehead atoms. The van der Waals surface area contributed by atoms with Crippen LogP contribution < -0.4 is 4.74 Å². The molecule has 2 aromatic rings. The molecule has 26 heavy (non-hydrogen) atoms. The first-order chi connectivity index (χ1) is 12.7. The fraction of sp³-hybridized carbons (Fsp3) is 0.571. The van der Waals surface area contributed by atoms with Gasteiger partial charge in [0.15, 0.2) is 0 Å². The molecule has 0 aliphatic carbocycles. The van der Waals surface area contributed by atoms with Crippen LogP contribution in [0.3, 0.4) is 0 Å². The summed E-state index contributed by atoms with van der Waals surface area (Å²) in [6.45, 7) is 4.54. The van der Waals surface area contributed by atoms with Crippen molar-refractivity contribution in [1.29, 1.82) is 0 Å². The Hall–Kier alpha value is -1.85. The monoisotopic (exact) mass is 357 g/mol. The van der Waals surface area contributed by atoms with E-state index in [-0.39, 0.29) is 0 Å². The van der Waals surface area contributed by atoms with Gasteiger partial charge in [0.25, 0.3) is 0 Å². The van der Waals surface area contributed by atoms with E-state index in [0.29, 0.717) is 5.92 Å². The second-order valence-corrected chi connectivity index (χ2v) is 7.32. The highest BCUT2D eigenvalue weighted by Gasteiger charge is 2.16. The second kappa shape index (κ2) is 9.74. The number of benzene rings is 1. The van der Waals surface area contributed by atoms with Gasteiger partial charge in [-0.1, -0.05) is 12.1 Å². The van der Waals surface area contributed by atoms with Gasteiger partial charge in [-0.15, -0.1) is 0 Å². The van der Waals surface area contributed by atoms with E-state index < -0.39 is 0 Å². The Morgan fingerprint density at radius 1 is 1.31 bits per heavy atom. The number of ether oxygens (including phenoxy) is 2. The molecule has 142 valence electrons. The van der Waals surface area contributed by atoms with Gasteiger partial charge in [-0.2, -0.15) is 0 Å². The molecule has 0 N–H and O–H groups in total. The predicted octanol–water partition coefficient (Wildman–Crippen LogP) is 3.70. The van der Waals surface area contributed by atoms with Gasteiger partial charge in [0.2, 0.25) is 0 Å². The van der Waals surface area contributed by atoms with E-state index in [1.807, 2.05) is 18.3 Å². The van der Waals surface area contributed by atoms with E-state index in [4.69, 9.17) is 9.47 Å². The molecule has 1 unspecified atom stereocenters. The fourth-order valence-electron chi connectivity index (χ4n) is 3.43. The standard InChI is InChI=1S/C21H31N3O2/c1-23(2)12-6-16-26-20-9-4-3-8-19(20)21-22-11-14-24(21)13-10-18-7-5-15-25-17-18/h3-4,8-9,11,14,18H,5-7,10,12-13,15-17H2,1-2H3. The number of rotatable bonds is 9. The van der Waals surface area contributed by atoms with Gasteiger partial charge in [-0.05, 0) is 57.8 Å². The lowest BCUT2D eigenvalue weighted by Gasteiger charge is -2.22. The minimum atomic E-state index is 0.663. The molecule has 1 saturated heterocycles. The highest BCUT2D eigenvalue weighted by Crippen LogP contribution is 2.29. The van der Waals surface area contributed by atoms with E-state index >= 15 is 0 Å². The minimum Gasteiger partial charge on any atom is -0.493 e. The first kappa shape index (κ1) is 18.9. The Bertz CT molecular complexity index is 663. The Morgan fingerprint density at radius 2 is 2.19 bits per heavy atom. The van der Waals surface area contributed by atoms with Crippen molar-refractivity contribution < 1.29 is 9.47 Å². The first-order valence-electron chi connectivity index (χ1n) is 9.70. The van der Waals surface area contributed by atoms with Crippen LogP contribution in [0.4, 0.5) is 0 Å². The lowest BCUT2D eigenvalue weighted by atomic mass is 9.98. The average molecular weight is 357 g/mol. The summed E-state index contributed by atoms with van der Waals surface area (Å²) in [5.74, 6) is 2.57. The maximum atomic E-state index is 6.06. The maximum absolute atomic E-state index is 6.06. The van der Waals surface area contributed by atoms with E-state index in [9.17, 15) is 0 Å². The molecule has 0 radical (unpaired) electrons. The topological polar surface area (TPSA) is 39.5 Å². The summed E-state index contributed by atoms with van der Waals surface area (Å²) in [5, 5.41) is 0. The summed E-state index contributed by atoms with van der Waals surface area (Å²) in [6.07, 6.45) is 8.56. The molecule has 1 aromatic heterocycles. The summed E-state index contributed by atoms with van der Waals surface area (Å²) in [5.41, 5.74) is 1.07. The molecule has 0 amide bonds. The van der Waals surface area contributed by atoms with Gasteiger partial charge in [0.05, 0.1) is 12.2 Å². The molecule has 1 aliphatic heterocycles. The number of imidazole rings is 1. The van der Waals surface area contributed by atoms with Crippen molar-refractivity contribution in [3.8, 4) is 17.1 Å². The summed E-state index contributed by atoms with van der Waals surface area (Å²) < 4.78 is 13.9. The van der Waals surface area contributed by atoms with Crippen LogP contribution in [0.2, 0.25) is 0 Å². The van der Waals surface area contributed by atoms with E-state index in [1.165, 1.54) is 12.8 Å². The quantitative estimate of drug-likeness (QED) is 0.642. The number of aryl methyl sites for hydroxylation is 1. The molecule has 3 rings (SSSR count). The number of aromatic nitrogens is 2. The number of hydrogen-bond donors (Lipinski definition) is 0. The highest BCUT2D eigenvalue weighted by molar-refractivity contribution is 5.64. The third kappa shape index (κ3) is 5.32. The summed E-state index contributed by atoms with van der Waals surface area (Å²) in [6, 6.07) is 8.22. The zero-order valence-corrected chi connectivity index (χ0v) is 16.1. The van der Waals surface area contributed by atoms with Crippen LogP contribution in [0.1, 0.15) is 25.7 Å². The van der Waals surface area contributed by atoms with Crippen LogP contribution in [0.15, 0.2) is 36.7 Å². The molecule has 0 spiro atoms. The number of para-hydroxylation sites is 1. The van der Waals surface area contributed by atoms with Crippen molar-refractivity contribution in [2.75, 3.05) is 40.5 Å². The van der Waals surface area contributed by atoms with Gasteiger partial charge in [-0.3, -0.25) is 0 Å². The highest BCUT2D eigenvalue weighted by atomic mass is 16.5. The molecule has 0 saturated carbocycles. The molecule has 1 aromatic carbocycles. The van der Waals surface area contributed by atoms with Crippen molar-refractivity contribution in [2.45, 2.75) is 32.2 Å². The van der Waals surface area contributed by atoms with Gasteiger partial charge in [0, 0.05) is 38.7 Å². The molecule has 5 heteroatoms. The Kier molecular flexibility index (Phi) is 7.09. The number of nitrogens with zero attached hydrogens (tertiary/aromatic N) is 3. The minimum absolute atomic E-state index is 0.663. The zero-order chi connectivity index (χ0) is 18.2. The van der Waals surface area contributed by atoms with Crippen molar-refractivity contribution in [1.82, 2.24) is 14.5 Å². The first-order valence-corrected chi connectivity index (χ1v) is 9.70. The number of hydrogen-bond acceptors (Lipinski definition) is 4. The zero-order valence-electron chi connectivity index (χ0n) is 16.1. The summed E-state index contributed by atoms with van der Waals surface area (Å²) in [4.78, 5) is 6.79. The van der Waals surface area contributed by atoms with Gasteiger partial charge in [-0.25, -0.2) is 4.98 Å². The maximum Gasteiger partial charge on any atom is 0.143 e. The van der Waals surface area contributed by atoms with Crippen LogP contribution in [0, 0.1) is 5.92 Å². The van der Waals surface area contributed by atoms with Crippen LogP contribution in [0.25, 0.3) is 11.4 Å². The molecular formula is C21H31N3O2. The van der Waals surface area contributed by atoms with Gasteiger partial charge >= 0.3 is 0 Å². The third-order valence-corrected chi connectivity index (χ3v) is 4.88. The van der Waals surface area contributed by atoms with E-state index in [0.717, 1.165) is 62.9 Å².